The van der Waals surface area contributed by atoms with E-state index in [1.807, 2.05) is 51.1 Å². The van der Waals surface area contributed by atoms with Gasteiger partial charge in [0.25, 0.3) is 0 Å². The molecule has 0 fully saturated rings. The molecular formula is C24H32N4O4S2. The van der Waals surface area contributed by atoms with E-state index in [2.05, 4.69) is 41.4 Å². The Bertz CT molecular complexity index is 1070. The van der Waals surface area contributed by atoms with Gasteiger partial charge in [0.1, 0.15) is 11.8 Å². The zero-order chi connectivity index (χ0) is 24.9. The van der Waals surface area contributed by atoms with Gasteiger partial charge in [-0.2, -0.15) is 0 Å². The van der Waals surface area contributed by atoms with Crippen molar-refractivity contribution in [1.82, 2.24) is 15.3 Å². The van der Waals surface area contributed by atoms with E-state index >= 15 is 0 Å². The number of oxazole rings is 1. The van der Waals surface area contributed by atoms with Crippen LogP contribution in [0.5, 0.6) is 0 Å². The number of aliphatic hydroxyl groups excluding tert-OH is 1. The second-order valence-electron chi connectivity index (χ2n) is 9.72. The average Bonchev–Trinajstić information content (AvgIpc) is 3.39. The molecule has 1 aromatic carbocycles. The lowest BCUT2D eigenvalue weighted by atomic mass is 9.94. The highest BCUT2D eigenvalue weighted by atomic mass is 32.2. The van der Waals surface area contributed by atoms with Crippen molar-refractivity contribution in [3.8, 4) is 0 Å². The normalized spacial score (nSPS) is 14.1. The Morgan fingerprint density at radius 2 is 1.85 bits per heavy atom. The molecule has 3 rings (SSSR count). The third kappa shape index (κ3) is 7.92. The first-order valence-corrected chi connectivity index (χ1v) is 12.7. The molecule has 2 atom stereocenters. The van der Waals surface area contributed by atoms with Gasteiger partial charge in [0.15, 0.2) is 5.13 Å². The van der Waals surface area contributed by atoms with Crippen molar-refractivity contribution in [3.63, 3.8) is 0 Å². The molecule has 0 saturated heterocycles. The minimum atomic E-state index is -1.32. The van der Waals surface area contributed by atoms with Crippen molar-refractivity contribution in [3.05, 3.63) is 59.9 Å². The van der Waals surface area contributed by atoms with E-state index in [0.717, 1.165) is 9.97 Å². The van der Waals surface area contributed by atoms with Gasteiger partial charge in [0, 0.05) is 5.41 Å². The predicted molar refractivity (Wildman–Crippen MR) is 135 cm³/mol. The Kier molecular flexibility index (Phi) is 8.53. The summed E-state index contributed by atoms with van der Waals surface area (Å²) in [5, 5.41) is 16.5. The number of hydrogen-bond donors (Lipinski definition) is 3. The molecule has 3 aromatic rings. The summed E-state index contributed by atoms with van der Waals surface area (Å²) in [7, 11) is 0. The van der Waals surface area contributed by atoms with E-state index < -0.39 is 18.1 Å². The number of carbonyl (C=O) groups is 1. The molecule has 0 bridgehead atoms. The summed E-state index contributed by atoms with van der Waals surface area (Å²) in [6.45, 7) is 11.7. The quantitative estimate of drug-likeness (QED) is 0.273. The molecule has 0 saturated carbocycles. The molecule has 1 unspecified atom stereocenters. The second kappa shape index (κ2) is 11.0. The highest BCUT2D eigenvalue weighted by molar-refractivity contribution is 8.00. The van der Waals surface area contributed by atoms with Crippen molar-refractivity contribution in [2.45, 2.75) is 75.0 Å². The van der Waals surface area contributed by atoms with Gasteiger partial charge < -0.3 is 19.6 Å². The van der Waals surface area contributed by atoms with Crippen LogP contribution in [0.3, 0.4) is 0 Å². The van der Waals surface area contributed by atoms with Gasteiger partial charge in [-0.15, -0.1) is 11.8 Å². The van der Waals surface area contributed by atoms with Crippen LogP contribution >= 0.6 is 23.1 Å². The molecule has 8 nitrogen and oxygen atoms in total. The first-order chi connectivity index (χ1) is 15.9. The number of nitrogens with one attached hydrogen (secondary N) is 2. The molecule has 1 amide bonds. The Labute approximate surface area is 208 Å². The minimum absolute atomic E-state index is 0.0906. The molecule has 0 radical (unpaired) electrons. The number of nitrogens with zero attached hydrogens (tertiary/aromatic N) is 2. The topological polar surface area (TPSA) is 110 Å². The fraction of sp³-hybridized carbons (Fsp3) is 0.458. The maximum absolute atomic E-state index is 13.1. The molecule has 3 N–H and O–H groups in total. The van der Waals surface area contributed by atoms with Crippen LogP contribution in [0, 0.1) is 0 Å². The largest absolute Gasteiger partial charge is 0.444 e. The van der Waals surface area contributed by atoms with Gasteiger partial charge in [-0.25, -0.2) is 9.97 Å². The minimum Gasteiger partial charge on any atom is -0.444 e. The zero-order valence-electron chi connectivity index (χ0n) is 20.3. The summed E-state index contributed by atoms with van der Waals surface area (Å²) in [6.07, 6.45) is 2.15. The van der Waals surface area contributed by atoms with Crippen LogP contribution in [0.4, 0.5) is 5.13 Å². The molecule has 0 aliphatic rings. The third-order valence-corrected chi connectivity index (χ3v) is 6.61. The van der Waals surface area contributed by atoms with Crippen molar-refractivity contribution < 1.29 is 19.1 Å². The number of hydrogen-bond acceptors (Lipinski definition) is 9. The van der Waals surface area contributed by atoms with Crippen LogP contribution in [0.25, 0.3) is 0 Å². The van der Waals surface area contributed by atoms with Crippen molar-refractivity contribution >= 4 is 34.1 Å². The number of aromatic nitrogens is 2. The maximum Gasteiger partial charge on any atom is 0.248 e. The number of carbonyl (C=O) groups excluding carboxylic acids is 1. The van der Waals surface area contributed by atoms with Crippen LogP contribution in [-0.2, 0) is 20.7 Å². The summed E-state index contributed by atoms with van der Waals surface area (Å²) < 4.78 is 12.3. The predicted octanol–water partition coefficient (Wildman–Crippen LogP) is 5.08. The number of ether oxygens (including phenoxy) is 1. The highest BCUT2D eigenvalue weighted by Crippen LogP contribution is 2.32. The SMILES string of the molecule is CC(C)(C)OC(O)N[C@H](C(=O)Nc1ncc(SCc2ncc(C(C)(C)C)o2)s1)c1ccccc1. The molecule has 10 heteroatoms. The summed E-state index contributed by atoms with van der Waals surface area (Å²) in [4.78, 5) is 21.8. The number of amides is 1. The van der Waals surface area contributed by atoms with Gasteiger partial charge >= 0.3 is 0 Å². The number of benzene rings is 1. The number of aliphatic hydroxyl groups is 1. The maximum atomic E-state index is 13.1. The van der Waals surface area contributed by atoms with E-state index in [4.69, 9.17) is 9.15 Å². The Hall–Kier alpha value is -2.24. The number of thioether (sulfide) groups is 1. The van der Waals surface area contributed by atoms with E-state index in [1.165, 1.54) is 11.3 Å². The lowest BCUT2D eigenvalue weighted by molar-refractivity contribution is -0.186. The zero-order valence-corrected chi connectivity index (χ0v) is 21.9. The van der Waals surface area contributed by atoms with Gasteiger partial charge in [-0.1, -0.05) is 62.4 Å². The molecule has 0 aliphatic heterocycles. The van der Waals surface area contributed by atoms with Crippen molar-refractivity contribution in [2.24, 2.45) is 0 Å². The molecule has 2 aromatic heterocycles. The Morgan fingerprint density at radius 1 is 1.15 bits per heavy atom. The molecule has 34 heavy (non-hydrogen) atoms. The molecular weight excluding hydrogens is 472 g/mol. The molecule has 184 valence electrons. The Balaban J connectivity index is 1.63. The summed E-state index contributed by atoms with van der Waals surface area (Å²) in [5.41, 5.74) is 0.0237. The second-order valence-corrected chi connectivity index (χ2v) is 12.0. The fourth-order valence-electron chi connectivity index (χ4n) is 2.90. The van der Waals surface area contributed by atoms with E-state index in [9.17, 15) is 9.90 Å². The van der Waals surface area contributed by atoms with Gasteiger partial charge in [0.2, 0.25) is 18.2 Å². The smallest absolute Gasteiger partial charge is 0.248 e. The Morgan fingerprint density at radius 3 is 2.47 bits per heavy atom. The third-order valence-electron chi connectivity index (χ3n) is 4.51. The fourth-order valence-corrected chi connectivity index (χ4v) is 4.63. The van der Waals surface area contributed by atoms with Gasteiger partial charge in [-0.3, -0.25) is 10.1 Å². The van der Waals surface area contributed by atoms with E-state index in [0.29, 0.717) is 22.3 Å². The summed E-state index contributed by atoms with van der Waals surface area (Å²) in [6, 6.07) is 8.32. The van der Waals surface area contributed by atoms with Crippen molar-refractivity contribution in [1.29, 1.82) is 0 Å². The summed E-state index contributed by atoms with van der Waals surface area (Å²) >= 11 is 2.90. The van der Waals surface area contributed by atoms with Crippen LogP contribution in [0.1, 0.15) is 64.8 Å². The van der Waals surface area contributed by atoms with Crippen LogP contribution in [-0.4, -0.2) is 33.0 Å². The van der Waals surface area contributed by atoms with E-state index in [-0.39, 0.29) is 11.3 Å². The average molecular weight is 505 g/mol. The lowest BCUT2D eigenvalue weighted by Crippen LogP contribution is -2.44. The van der Waals surface area contributed by atoms with Gasteiger partial charge in [-0.05, 0) is 26.3 Å². The number of thiazole rings is 1. The molecule has 2 heterocycles. The molecule has 0 aliphatic carbocycles. The van der Waals surface area contributed by atoms with E-state index in [1.54, 1.807) is 24.2 Å². The molecule has 0 spiro atoms. The van der Waals surface area contributed by atoms with Gasteiger partial charge in [0.05, 0.1) is 28.0 Å². The van der Waals surface area contributed by atoms with Crippen molar-refractivity contribution in [2.75, 3.05) is 5.32 Å². The van der Waals surface area contributed by atoms with Crippen LogP contribution in [0.15, 0.2) is 51.4 Å². The number of rotatable bonds is 9. The highest BCUT2D eigenvalue weighted by Gasteiger charge is 2.26. The van der Waals surface area contributed by atoms with Crippen LogP contribution < -0.4 is 10.6 Å². The first-order valence-electron chi connectivity index (χ1n) is 10.9. The summed E-state index contributed by atoms with van der Waals surface area (Å²) in [5.74, 6) is 1.71. The first kappa shape index (κ1) is 26.4. The monoisotopic (exact) mass is 504 g/mol. The van der Waals surface area contributed by atoms with Crippen LogP contribution in [0.2, 0.25) is 0 Å². The lowest BCUT2D eigenvalue weighted by Gasteiger charge is -2.27. The standard InChI is InChI=1S/C24H32N4O4S2/c1-23(2,3)16-12-25-17(31-16)14-33-18-13-26-21(34-18)28-20(29)19(15-10-8-7-9-11-15)27-22(30)32-24(4,5)6/h7-13,19,22,27,30H,14H2,1-6H3,(H,26,28,29)/t19-,22?/m0/s1. The number of anilines is 1.